The molecule has 8 heteroatoms. The van der Waals surface area contributed by atoms with E-state index in [2.05, 4.69) is 9.80 Å². The van der Waals surface area contributed by atoms with E-state index >= 15 is 0 Å². The van der Waals surface area contributed by atoms with Crippen molar-refractivity contribution in [3.05, 3.63) is 29.3 Å². The number of ether oxygens (including phenoxy) is 1. The second-order valence-electron chi connectivity index (χ2n) is 6.44. The van der Waals surface area contributed by atoms with E-state index in [1.54, 1.807) is 16.7 Å². The first-order valence-electron chi connectivity index (χ1n) is 8.77. The van der Waals surface area contributed by atoms with Gasteiger partial charge in [-0.1, -0.05) is 23.7 Å². The van der Waals surface area contributed by atoms with Crippen LogP contribution in [-0.4, -0.2) is 85.6 Å². The standard InChI is InChI=1S/C18H24ClN3O3S/c1-25-18(24)16-12-22(10-11-26-16)17(23)13-20-6-8-21(9-7-20)15-5-3-2-4-14(15)19/h2-5,16H,6-13H2,1H3/t16-/m1/s1. The number of amides is 1. The molecule has 6 nitrogen and oxygen atoms in total. The van der Waals surface area contributed by atoms with E-state index in [1.807, 2.05) is 24.3 Å². The number of hydrogen-bond donors (Lipinski definition) is 0. The molecule has 0 bridgehead atoms. The lowest BCUT2D eigenvalue weighted by Crippen LogP contribution is -2.52. The van der Waals surface area contributed by atoms with Crippen molar-refractivity contribution in [3.63, 3.8) is 0 Å². The van der Waals surface area contributed by atoms with Crippen LogP contribution in [0.25, 0.3) is 0 Å². The van der Waals surface area contributed by atoms with E-state index in [9.17, 15) is 9.59 Å². The fourth-order valence-electron chi connectivity index (χ4n) is 3.30. The molecular formula is C18H24ClN3O3S. The maximum absolute atomic E-state index is 12.6. The second-order valence-corrected chi connectivity index (χ2v) is 8.15. The molecule has 2 aliphatic rings. The monoisotopic (exact) mass is 397 g/mol. The summed E-state index contributed by atoms with van der Waals surface area (Å²) >= 11 is 7.84. The molecule has 0 aliphatic carbocycles. The van der Waals surface area contributed by atoms with Gasteiger partial charge in [-0.25, -0.2) is 0 Å². The average molecular weight is 398 g/mol. The third-order valence-corrected chi connectivity index (χ3v) is 6.29. The maximum atomic E-state index is 12.6. The highest BCUT2D eigenvalue weighted by molar-refractivity contribution is 8.00. The Balaban J connectivity index is 1.49. The van der Waals surface area contributed by atoms with Crippen molar-refractivity contribution in [1.82, 2.24) is 9.80 Å². The van der Waals surface area contributed by atoms with Crippen molar-refractivity contribution >= 4 is 40.9 Å². The van der Waals surface area contributed by atoms with Gasteiger partial charge in [-0.2, -0.15) is 0 Å². The van der Waals surface area contributed by atoms with Gasteiger partial charge in [-0.15, -0.1) is 11.8 Å². The van der Waals surface area contributed by atoms with Gasteiger partial charge in [0, 0.05) is 45.0 Å². The Hall–Kier alpha value is -1.44. The van der Waals surface area contributed by atoms with Crippen LogP contribution in [0.4, 0.5) is 5.69 Å². The molecule has 0 spiro atoms. The minimum Gasteiger partial charge on any atom is -0.468 e. The number of carbonyl (C=O) groups is 2. The van der Waals surface area contributed by atoms with Crippen LogP contribution in [0, 0.1) is 0 Å². The van der Waals surface area contributed by atoms with E-state index in [1.165, 1.54) is 7.11 Å². The highest BCUT2D eigenvalue weighted by Crippen LogP contribution is 2.26. The Morgan fingerprint density at radius 3 is 2.62 bits per heavy atom. The van der Waals surface area contributed by atoms with Crippen molar-refractivity contribution in [1.29, 1.82) is 0 Å². The quantitative estimate of drug-likeness (QED) is 0.719. The molecule has 1 atom stereocenters. The molecule has 2 heterocycles. The first kappa shape index (κ1) is 19.3. The molecule has 0 saturated carbocycles. The first-order valence-corrected chi connectivity index (χ1v) is 10.2. The van der Waals surface area contributed by atoms with Crippen molar-refractivity contribution in [3.8, 4) is 0 Å². The molecule has 1 aromatic rings. The number of nitrogens with zero attached hydrogens (tertiary/aromatic N) is 3. The number of carbonyl (C=O) groups excluding carboxylic acids is 2. The Morgan fingerprint density at radius 2 is 1.92 bits per heavy atom. The largest absolute Gasteiger partial charge is 0.468 e. The van der Waals surface area contributed by atoms with Gasteiger partial charge in [0.15, 0.2) is 0 Å². The lowest BCUT2D eigenvalue weighted by Gasteiger charge is -2.38. The molecule has 1 aromatic carbocycles. The van der Waals surface area contributed by atoms with Gasteiger partial charge in [-0.05, 0) is 12.1 Å². The van der Waals surface area contributed by atoms with E-state index < -0.39 is 0 Å². The van der Waals surface area contributed by atoms with Gasteiger partial charge in [-0.3, -0.25) is 14.5 Å². The number of thioether (sulfide) groups is 1. The van der Waals surface area contributed by atoms with Crippen LogP contribution in [0.5, 0.6) is 0 Å². The summed E-state index contributed by atoms with van der Waals surface area (Å²) in [5.41, 5.74) is 1.05. The molecule has 2 saturated heterocycles. The lowest BCUT2D eigenvalue weighted by atomic mass is 10.2. The topological polar surface area (TPSA) is 53.1 Å². The molecule has 0 aromatic heterocycles. The number of benzene rings is 1. The Labute approximate surface area is 163 Å². The van der Waals surface area contributed by atoms with Crippen molar-refractivity contribution < 1.29 is 14.3 Å². The van der Waals surface area contributed by atoms with Gasteiger partial charge in [0.2, 0.25) is 5.91 Å². The summed E-state index contributed by atoms with van der Waals surface area (Å²) in [7, 11) is 1.39. The second kappa shape index (κ2) is 8.97. The zero-order valence-electron chi connectivity index (χ0n) is 14.9. The van der Waals surface area contributed by atoms with Crippen LogP contribution in [0.15, 0.2) is 24.3 Å². The molecule has 0 unspecified atom stereocenters. The minimum absolute atomic E-state index is 0.0883. The lowest BCUT2D eigenvalue weighted by molar-refractivity contribution is -0.141. The smallest absolute Gasteiger partial charge is 0.320 e. The third kappa shape index (κ3) is 4.64. The predicted octanol–water partition coefficient (Wildman–Crippen LogP) is 1.58. The van der Waals surface area contributed by atoms with E-state index in [0.29, 0.717) is 19.6 Å². The van der Waals surface area contributed by atoms with Gasteiger partial charge >= 0.3 is 5.97 Å². The van der Waals surface area contributed by atoms with Crippen molar-refractivity contribution in [2.75, 3.05) is 63.6 Å². The first-order chi connectivity index (χ1) is 12.6. The summed E-state index contributed by atoms with van der Waals surface area (Å²) in [4.78, 5) is 30.6. The van der Waals surface area contributed by atoms with Crippen LogP contribution in [0.1, 0.15) is 0 Å². The Kier molecular flexibility index (Phi) is 6.67. The Morgan fingerprint density at radius 1 is 1.19 bits per heavy atom. The van der Waals surface area contributed by atoms with Crippen LogP contribution >= 0.6 is 23.4 Å². The van der Waals surface area contributed by atoms with Crippen LogP contribution < -0.4 is 4.90 Å². The van der Waals surface area contributed by atoms with Crippen LogP contribution in [-0.2, 0) is 14.3 Å². The fourth-order valence-corrected chi connectivity index (χ4v) is 4.68. The van der Waals surface area contributed by atoms with Crippen LogP contribution in [0.3, 0.4) is 0 Å². The highest BCUT2D eigenvalue weighted by Gasteiger charge is 2.30. The molecular weight excluding hydrogens is 374 g/mol. The molecule has 142 valence electrons. The third-order valence-electron chi connectivity index (χ3n) is 4.81. The molecule has 2 fully saturated rings. The summed E-state index contributed by atoms with van der Waals surface area (Å²) in [5.74, 6) is 0.609. The number of methoxy groups -OCH3 is 1. The van der Waals surface area contributed by atoms with Gasteiger partial charge in [0.25, 0.3) is 0 Å². The van der Waals surface area contributed by atoms with Crippen LogP contribution in [0.2, 0.25) is 5.02 Å². The number of piperazine rings is 1. The average Bonchev–Trinajstić information content (AvgIpc) is 2.68. The summed E-state index contributed by atoms with van der Waals surface area (Å²) in [6.45, 7) is 4.86. The number of anilines is 1. The predicted molar refractivity (Wildman–Crippen MR) is 105 cm³/mol. The molecule has 0 radical (unpaired) electrons. The molecule has 0 N–H and O–H groups in total. The summed E-state index contributed by atoms with van der Waals surface area (Å²) < 4.78 is 4.81. The number of rotatable bonds is 4. The fraction of sp³-hybridized carbons (Fsp3) is 0.556. The van der Waals surface area contributed by atoms with E-state index in [-0.39, 0.29) is 17.1 Å². The summed E-state index contributed by atoms with van der Waals surface area (Å²) in [6.07, 6.45) is 0. The highest BCUT2D eigenvalue weighted by atomic mass is 35.5. The van der Waals surface area contributed by atoms with Crippen molar-refractivity contribution in [2.45, 2.75) is 5.25 Å². The van der Waals surface area contributed by atoms with Gasteiger partial charge in [0.1, 0.15) is 5.25 Å². The zero-order chi connectivity index (χ0) is 18.5. The normalized spacial score (nSPS) is 21.5. The Bertz CT molecular complexity index is 652. The summed E-state index contributed by atoms with van der Waals surface area (Å²) in [5, 5.41) is 0.492. The molecule has 1 amide bonds. The molecule has 2 aliphatic heterocycles. The molecule has 26 heavy (non-hydrogen) atoms. The van der Waals surface area contributed by atoms with Gasteiger partial charge < -0.3 is 14.5 Å². The van der Waals surface area contributed by atoms with Gasteiger partial charge in [0.05, 0.1) is 24.4 Å². The summed E-state index contributed by atoms with van der Waals surface area (Å²) in [6, 6.07) is 7.85. The number of hydrogen-bond acceptors (Lipinski definition) is 6. The van der Waals surface area contributed by atoms with E-state index in [4.69, 9.17) is 16.3 Å². The number of halogens is 1. The van der Waals surface area contributed by atoms with E-state index in [0.717, 1.165) is 42.6 Å². The zero-order valence-corrected chi connectivity index (χ0v) is 16.5. The maximum Gasteiger partial charge on any atom is 0.320 e. The minimum atomic E-state index is -0.269. The van der Waals surface area contributed by atoms with Crippen molar-refractivity contribution in [2.24, 2.45) is 0 Å². The molecule has 3 rings (SSSR count). The SMILES string of the molecule is COC(=O)[C@H]1CN(C(=O)CN2CCN(c3ccccc3Cl)CC2)CCS1. The number of esters is 1. The number of para-hydroxylation sites is 1.